The SMILES string of the molecule is COc1ccc(N2C(=O)C(=O)/C(=C(\O)c3ccc4c(c3)CC(C)O4)C2c2sccc2C)cc1Cl. The van der Waals surface area contributed by atoms with E-state index in [2.05, 4.69) is 0 Å². The van der Waals surface area contributed by atoms with Gasteiger partial charge in [0.2, 0.25) is 0 Å². The van der Waals surface area contributed by atoms with Crippen LogP contribution in [0.2, 0.25) is 5.02 Å². The summed E-state index contributed by atoms with van der Waals surface area (Å²) in [5.74, 6) is -0.449. The minimum absolute atomic E-state index is 0.0477. The van der Waals surface area contributed by atoms with Gasteiger partial charge in [-0.15, -0.1) is 11.3 Å². The summed E-state index contributed by atoms with van der Waals surface area (Å²) in [6.45, 7) is 3.89. The Labute approximate surface area is 206 Å². The zero-order chi connectivity index (χ0) is 24.1. The Morgan fingerprint density at radius 2 is 2.00 bits per heavy atom. The molecule has 0 bridgehead atoms. The highest BCUT2D eigenvalue weighted by atomic mass is 35.5. The number of fused-ring (bicyclic) bond motifs is 1. The maximum absolute atomic E-state index is 13.3. The number of anilines is 1. The van der Waals surface area contributed by atoms with Crippen molar-refractivity contribution in [3.8, 4) is 11.5 Å². The van der Waals surface area contributed by atoms with E-state index in [1.165, 1.54) is 23.3 Å². The molecule has 174 valence electrons. The van der Waals surface area contributed by atoms with Crippen LogP contribution in [0.3, 0.4) is 0 Å². The van der Waals surface area contributed by atoms with Gasteiger partial charge in [-0.25, -0.2) is 0 Å². The predicted octanol–water partition coefficient (Wildman–Crippen LogP) is 5.67. The van der Waals surface area contributed by atoms with Crippen LogP contribution in [-0.4, -0.2) is 30.0 Å². The molecule has 2 aliphatic rings. The van der Waals surface area contributed by atoms with E-state index in [-0.39, 0.29) is 17.4 Å². The Morgan fingerprint density at radius 1 is 1.21 bits per heavy atom. The number of aliphatic hydroxyl groups is 1. The highest BCUT2D eigenvalue weighted by Gasteiger charge is 2.48. The second-order valence-electron chi connectivity index (χ2n) is 8.41. The number of methoxy groups -OCH3 is 1. The smallest absolute Gasteiger partial charge is 0.300 e. The minimum atomic E-state index is -0.784. The Kier molecular flexibility index (Phi) is 5.62. The van der Waals surface area contributed by atoms with Crippen molar-refractivity contribution in [3.05, 3.63) is 80.0 Å². The lowest BCUT2D eigenvalue weighted by Gasteiger charge is -2.25. The summed E-state index contributed by atoms with van der Waals surface area (Å²) in [6.07, 6.45) is 0.759. The molecule has 0 aliphatic carbocycles. The fraction of sp³-hybridized carbons (Fsp3) is 0.231. The van der Waals surface area contributed by atoms with Crippen LogP contribution in [0.4, 0.5) is 5.69 Å². The number of aryl methyl sites for hydroxylation is 1. The number of rotatable bonds is 4. The molecule has 6 nitrogen and oxygen atoms in total. The Balaban J connectivity index is 1.68. The van der Waals surface area contributed by atoms with Crippen LogP contribution < -0.4 is 14.4 Å². The molecule has 2 atom stereocenters. The number of thiophene rings is 1. The number of nitrogens with zero attached hydrogens (tertiary/aromatic N) is 1. The highest BCUT2D eigenvalue weighted by molar-refractivity contribution is 7.10. The first-order chi connectivity index (χ1) is 16.3. The number of ether oxygens (including phenoxy) is 2. The van der Waals surface area contributed by atoms with Gasteiger partial charge in [-0.1, -0.05) is 11.6 Å². The number of aliphatic hydroxyl groups excluding tert-OH is 1. The fourth-order valence-electron chi connectivity index (χ4n) is 4.54. The molecule has 1 aromatic heterocycles. The average Bonchev–Trinajstić information content (AvgIpc) is 3.47. The van der Waals surface area contributed by atoms with Crippen molar-refractivity contribution in [3.63, 3.8) is 0 Å². The number of hydrogen-bond acceptors (Lipinski definition) is 6. The summed E-state index contributed by atoms with van der Waals surface area (Å²) in [5.41, 5.74) is 2.84. The summed E-state index contributed by atoms with van der Waals surface area (Å²) in [5, 5.41) is 13.6. The third kappa shape index (κ3) is 3.56. The third-order valence-electron chi connectivity index (χ3n) is 6.18. The molecule has 8 heteroatoms. The van der Waals surface area contributed by atoms with Gasteiger partial charge < -0.3 is 14.6 Å². The molecule has 1 N–H and O–H groups in total. The number of ketones is 1. The number of amides is 1. The molecule has 2 unspecified atom stereocenters. The van der Waals surface area contributed by atoms with Crippen LogP contribution in [0.15, 0.2) is 53.4 Å². The van der Waals surface area contributed by atoms with E-state index in [1.807, 2.05) is 31.4 Å². The van der Waals surface area contributed by atoms with E-state index < -0.39 is 17.7 Å². The van der Waals surface area contributed by atoms with Gasteiger partial charge >= 0.3 is 0 Å². The van der Waals surface area contributed by atoms with Gasteiger partial charge in [0.05, 0.1) is 17.7 Å². The van der Waals surface area contributed by atoms with Crippen LogP contribution in [0.1, 0.15) is 34.5 Å². The van der Waals surface area contributed by atoms with Crippen molar-refractivity contribution in [2.24, 2.45) is 0 Å². The predicted molar refractivity (Wildman–Crippen MR) is 132 cm³/mol. The fourth-order valence-corrected chi connectivity index (χ4v) is 5.82. The molecule has 1 amide bonds. The first kappa shape index (κ1) is 22.5. The zero-order valence-corrected chi connectivity index (χ0v) is 20.4. The maximum atomic E-state index is 13.3. The third-order valence-corrected chi connectivity index (χ3v) is 7.54. The molecule has 3 heterocycles. The normalized spacial score (nSPS) is 21.0. The van der Waals surface area contributed by atoms with Gasteiger partial charge in [-0.3, -0.25) is 14.5 Å². The molecular weight excluding hydrogens is 474 g/mol. The van der Waals surface area contributed by atoms with Crippen LogP contribution in [0, 0.1) is 6.92 Å². The number of halogens is 1. The molecule has 1 fully saturated rings. The van der Waals surface area contributed by atoms with Gasteiger partial charge in [-0.05, 0) is 72.8 Å². The molecule has 0 radical (unpaired) electrons. The lowest BCUT2D eigenvalue weighted by molar-refractivity contribution is -0.132. The van der Waals surface area contributed by atoms with Gasteiger partial charge in [0.15, 0.2) is 0 Å². The topological polar surface area (TPSA) is 76.1 Å². The van der Waals surface area contributed by atoms with Crippen molar-refractivity contribution >= 4 is 46.1 Å². The number of carbonyl (C=O) groups excluding carboxylic acids is 2. The van der Waals surface area contributed by atoms with E-state index in [0.29, 0.717) is 28.4 Å². The summed E-state index contributed by atoms with van der Waals surface area (Å²) < 4.78 is 11.0. The van der Waals surface area contributed by atoms with E-state index in [1.54, 1.807) is 30.3 Å². The second-order valence-corrected chi connectivity index (χ2v) is 9.77. The van der Waals surface area contributed by atoms with Crippen LogP contribution in [0.25, 0.3) is 5.76 Å². The molecule has 5 rings (SSSR count). The number of hydrogen-bond donors (Lipinski definition) is 1. The van der Waals surface area contributed by atoms with Crippen molar-refractivity contribution in [1.29, 1.82) is 0 Å². The molecule has 3 aromatic rings. The summed E-state index contributed by atoms with van der Waals surface area (Å²) in [4.78, 5) is 28.8. The van der Waals surface area contributed by atoms with Gasteiger partial charge in [0.1, 0.15) is 29.4 Å². The summed E-state index contributed by atoms with van der Waals surface area (Å²) in [7, 11) is 1.50. The highest BCUT2D eigenvalue weighted by Crippen LogP contribution is 2.46. The number of carbonyl (C=O) groups is 2. The first-order valence-electron chi connectivity index (χ1n) is 10.8. The second kappa shape index (κ2) is 8.49. The van der Waals surface area contributed by atoms with Gasteiger partial charge in [-0.2, -0.15) is 0 Å². The van der Waals surface area contributed by atoms with Gasteiger partial charge in [0, 0.05) is 22.5 Å². The van der Waals surface area contributed by atoms with Crippen molar-refractivity contribution in [2.75, 3.05) is 12.0 Å². The Bertz CT molecular complexity index is 1360. The molecular formula is C26H22ClNO5S. The maximum Gasteiger partial charge on any atom is 0.300 e. The van der Waals surface area contributed by atoms with Crippen molar-refractivity contribution in [1.82, 2.24) is 0 Å². The van der Waals surface area contributed by atoms with Gasteiger partial charge in [0.25, 0.3) is 11.7 Å². The number of Topliss-reactive ketones (excluding diaryl/α,β-unsaturated/α-hetero) is 1. The summed E-state index contributed by atoms with van der Waals surface area (Å²) in [6, 6.07) is 11.4. The molecule has 1 saturated heterocycles. The summed E-state index contributed by atoms with van der Waals surface area (Å²) >= 11 is 7.77. The Hall–Kier alpha value is -3.29. The van der Waals surface area contributed by atoms with E-state index in [0.717, 1.165) is 21.8 Å². The van der Waals surface area contributed by atoms with E-state index >= 15 is 0 Å². The van der Waals surface area contributed by atoms with E-state index in [9.17, 15) is 14.7 Å². The monoisotopic (exact) mass is 495 g/mol. The average molecular weight is 496 g/mol. The zero-order valence-electron chi connectivity index (χ0n) is 18.8. The standard InChI is InChI=1S/C26H22ClNO5S/c1-13-8-9-34-25(13)22-21(23(29)15-4-6-19-16(11-15)10-14(2)33-19)24(30)26(31)28(22)17-5-7-20(32-3)18(27)12-17/h4-9,11-12,14,22,29H,10H2,1-3H3/b23-21-. The lowest BCUT2D eigenvalue weighted by Crippen LogP contribution is -2.29. The van der Waals surface area contributed by atoms with Crippen molar-refractivity contribution in [2.45, 2.75) is 32.4 Å². The molecule has 34 heavy (non-hydrogen) atoms. The van der Waals surface area contributed by atoms with Crippen molar-refractivity contribution < 1.29 is 24.2 Å². The quantitative estimate of drug-likeness (QED) is 0.287. The molecule has 2 aliphatic heterocycles. The molecule has 0 saturated carbocycles. The molecule has 0 spiro atoms. The minimum Gasteiger partial charge on any atom is -0.507 e. The Morgan fingerprint density at radius 3 is 2.68 bits per heavy atom. The van der Waals surface area contributed by atoms with Crippen LogP contribution in [-0.2, 0) is 16.0 Å². The van der Waals surface area contributed by atoms with Crippen LogP contribution >= 0.6 is 22.9 Å². The lowest BCUT2D eigenvalue weighted by atomic mass is 9.97. The van der Waals surface area contributed by atoms with E-state index in [4.69, 9.17) is 21.1 Å². The largest absolute Gasteiger partial charge is 0.507 e. The first-order valence-corrected chi connectivity index (χ1v) is 12.0. The molecule has 2 aromatic carbocycles. The van der Waals surface area contributed by atoms with Crippen LogP contribution in [0.5, 0.6) is 11.5 Å². The number of benzene rings is 2.